The number of nitrogens with zero attached hydrogens (tertiary/aromatic N) is 1. The molecule has 0 aliphatic heterocycles. The number of carbonyl (C=O) groups is 1. The van der Waals surface area contributed by atoms with E-state index in [1.54, 1.807) is 23.0 Å². The minimum Gasteiger partial charge on any atom is -0.253 e. The van der Waals surface area contributed by atoms with Crippen molar-refractivity contribution in [2.24, 2.45) is 0 Å². The van der Waals surface area contributed by atoms with Crippen LogP contribution in [0.25, 0.3) is 0 Å². The minimum absolute atomic E-state index is 0.225. The predicted octanol–water partition coefficient (Wildman–Crippen LogP) is 0.0547. The number of para-hydroxylation sites is 1. The fourth-order valence-electron chi connectivity index (χ4n) is 1.25. The van der Waals surface area contributed by atoms with Gasteiger partial charge >= 0.3 is 88.1 Å². The average molecular weight is 360 g/mol. The molecule has 0 radical (unpaired) electrons. The van der Waals surface area contributed by atoms with Crippen molar-refractivity contribution in [1.82, 2.24) is 4.98 Å². The van der Waals surface area contributed by atoms with Gasteiger partial charge in [-0.25, -0.2) is 0 Å². The van der Waals surface area contributed by atoms with E-state index >= 15 is 0 Å². The van der Waals surface area contributed by atoms with Crippen LogP contribution in [0.15, 0.2) is 35.3 Å². The summed E-state index contributed by atoms with van der Waals surface area (Å²) in [7, 11) is 0. The van der Waals surface area contributed by atoms with Crippen LogP contribution >= 0.6 is 11.3 Å². The van der Waals surface area contributed by atoms with Gasteiger partial charge in [-0.05, 0) is 0 Å². The van der Waals surface area contributed by atoms with Crippen LogP contribution in [-0.2, 0) is 8.53 Å². The van der Waals surface area contributed by atoms with Crippen molar-refractivity contribution in [3.8, 4) is 5.75 Å². The Morgan fingerprint density at radius 1 is 1.40 bits per heavy atom. The number of hydrogen-bond acceptors (Lipinski definition) is 5. The number of carbonyl (C=O) groups excluding carboxylic acids is 1. The normalized spacial score (nSPS) is 10.3. The van der Waals surface area contributed by atoms with Crippen molar-refractivity contribution >= 4 is 41.5 Å². The number of rotatable bonds is 2. The van der Waals surface area contributed by atoms with E-state index in [1.165, 1.54) is 25.1 Å². The average Bonchev–Trinajstić information content (AvgIpc) is 2.88. The molecule has 0 saturated carbocycles. The molecule has 0 aliphatic carbocycles. The smallest absolute Gasteiger partial charge is 0.0791 e. The SMILES string of the molecule is CC(=O)Nc1c(O)cccc1[As](=O)(O)O.c1cscn1. The molecule has 0 saturated heterocycles. The van der Waals surface area contributed by atoms with Gasteiger partial charge in [0.1, 0.15) is 0 Å². The summed E-state index contributed by atoms with van der Waals surface area (Å²) in [6.07, 6.45) is 1.77. The molecule has 2 aromatic rings. The van der Waals surface area contributed by atoms with Gasteiger partial charge in [0.25, 0.3) is 0 Å². The molecular formula is C11H13AsN2O5S. The second-order valence-electron chi connectivity index (χ2n) is 3.57. The first-order valence-corrected chi connectivity index (χ1v) is 9.62. The summed E-state index contributed by atoms with van der Waals surface area (Å²) in [4.78, 5) is 14.5. The van der Waals surface area contributed by atoms with Crippen LogP contribution in [0.2, 0.25) is 0 Å². The quantitative estimate of drug-likeness (QED) is 0.444. The number of nitrogens with one attached hydrogen (secondary N) is 1. The first-order valence-electron chi connectivity index (χ1n) is 5.30. The molecule has 1 amide bonds. The summed E-state index contributed by atoms with van der Waals surface area (Å²) in [5.41, 5.74) is 1.57. The molecule has 0 unspecified atom stereocenters. The van der Waals surface area contributed by atoms with E-state index in [0.717, 1.165) is 0 Å². The Hall–Kier alpha value is -1.60. The molecule has 7 nitrogen and oxygen atoms in total. The van der Waals surface area contributed by atoms with E-state index < -0.39 is 20.1 Å². The Bertz CT molecular complexity index is 594. The summed E-state index contributed by atoms with van der Waals surface area (Å²) < 4.78 is 28.8. The maximum Gasteiger partial charge on any atom is 0.0791 e. The summed E-state index contributed by atoms with van der Waals surface area (Å²) >= 11 is -3.54. The zero-order chi connectivity index (χ0) is 15.2. The Labute approximate surface area is 121 Å². The summed E-state index contributed by atoms with van der Waals surface area (Å²) in [5, 5.41) is 13.5. The van der Waals surface area contributed by atoms with Crippen LogP contribution in [0.5, 0.6) is 5.75 Å². The van der Waals surface area contributed by atoms with E-state index in [-0.39, 0.29) is 15.8 Å². The zero-order valence-electron chi connectivity index (χ0n) is 10.4. The maximum absolute atomic E-state index is 11.1. The molecule has 0 fully saturated rings. The molecule has 20 heavy (non-hydrogen) atoms. The van der Waals surface area contributed by atoms with Gasteiger partial charge in [0, 0.05) is 11.6 Å². The third-order valence-corrected chi connectivity index (χ3v) is 4.60. The minimum atomic E-state index is -5.14. The van der Waals surface area contributed by atoms with E-state index in [1.807, 2.05) is 5.38 Å². The molecule has 2 rings (SSSR count). The standard InChI is InChI=1S/C8H10AsNO5.C3H3NS/c1-5(11)10-8-6(9(13,14)15)3-2-4-7(8)12;1-2-5-3-4-1/h2-4,12H,1H3,(H,10,11)(H2,13,14,15);1-3H. The molecule has 108 valence electrons. The summed E-state index contributed by atoms with van der Waals surface area (Å²) in [5.74, 6) is -0.880. The molecule has 4 N–H and O–H groups in total. The number of phenols is 1. The van der Waals surface area contributed by atoms with E-state index in [2.05, 4.69) is 10.3 Å². The van der Waals surface area contributed by atoms with Gasteiger partial charge in [-0.15, -0.1) is 11.3 Å². The number of benzene rings is 1. The number of thiazole rings is 1. The van der Waals surface area contributed by atoms with Gasteiger partial charge in [-0.3, -0.25) is 4.98 Å². The molecular weight excluding hydrogens is 347 g/mol. The van der Waals surface area contributed by atoms with Crippen LogP contribution in [0.1, 0.15) is 6.92 Å². The third kappa shape index (κ3) is 5.18. The number of anilines is 1. The van der Waals surface area contributed by atoms with Gasteiger partial charge in [0.05, 0.1) is 5.51 Å². The molecule has 0 atom stereocenters. The van der Waals surface area contributed by atoms with Crippen LogP contribution < -0.4 is 9.67 Å². The van der Waals surface area contributed by atoms with Gasteiger partial charge in [-0.2, -0.15) is 0 Å². The molecule has 1 aromatic heterocycles. The van der Waals surface area contributed by atoms with Crippen molar-refractivity contribution in [1.29, 1.82) is 0 Å². The second kappa shape index (κ2) is 7.25. The number of aromatic nitrogens is 1. The summed E-state index contributed by atoms with van der Waals surface area (Å²) in [6, 6.07) is 3.71. The first-order chi connectivity index (χ1) is 9.32. The topological polar surface area (TPSA) is 120 Å². The van der Waals surface area contributed by atoms with Crippen molar-refractivity contribution in [2.45, 2.75) is 6.92 Å². The van der Waals surface area contributed by atoms with Crippen molar-refractivity contribution < 1.29 is 21.8 Å². The predicted molar refractivity (Wildman–Crippen MR) is 75.0 cm³/mol. The Morgan fingerprint density at radius 2 is 2.10 bits per heavy atom. The van der Waals surface area contributed by atoms with Crippen molar-refractivity contribution in [3.05, 3.63) is 35.3 Å². The Morgan fingerprint density at radius 3 is 2.50 bits per heavy atom. The van der Waals surface area contributed by atoms with Crippen LogP contribution in [-0.4, -0.2) is 38.4 Å². The fraction of sp³-hybridized carbons (Fsp3) is 0.0909. The molecule has 1 aromatic carbocycles. The zero-order valence-corrected chi connectivity index (χ0v) is 13.1. The third-order valence-electron chi connectivity index (χ3n) is 1.98. The second-order valence-corrected chi connectivity index (χ2v) is 7.62. The van der Waals surface area contributed by atoms with E-state index in [0.29, 0.717) is 0 Å². The molecule has 0 spiro atoms. The molecule has 0 bridgehead atoms. The number of amides is 1. The van der Waals surface area contributed by atoms with Crippen LogP contribution in [0.3, 0.4) is 0 Å². The van der Waals surface area contributed by atoms with Crippen LogP contribution in [0.4, 0.5) is 5.69 Å². The Kier molecular flexibility index (Phi) is 5.97. The number of hydrogen-bond donors (Lipinski definition) is 4. The largest absolute Gasteiger partial charge is 0.253 e. The van der Waals surface area contributed by atoms with E-state index in [4.69, 9.17) is 8.19 Å². The van der Waals surface area contributed by atoms with Crippen LogP contribution in [0, 0.1) is 0 Å². The first kappa shape index (κ1) is 16.5. The van der Waals surface area contributed by atoms with Gasteiger partial charge in [0.2, 0.25) is 0 Å². The maximum atomic E-state index is 11.1. The van der Waals surface area contributed by atoms with Gasteiger partial charge in [-0.1, -0.05) is 0 Å². The van der Waals surface area contributed by atoms with E-state index in [9.17, 15) is 13.6 Å². The monoisotopic (exact) mass is 360 g/mol. The molecule has 9 heteroatoms. The Balaban J connectivity index is 0.000000333. The molecule has 0 aliphatic rings. The van der Waals surface area contributed by atoms with Gasteiger partial charge in [0.15, 0.2) is 0 Å². The number of aromatic hydroxyl groups is 1. The fourth-order valence-corrected chi connectivity index (χ4v) is 3.16. The van der Waals surface area contributed by atoms with Crippen molar-refractivity contribution in [3.63, 3.8) is 0 Å². The number of phenolic OH excluding ortho intramolecular Hbond substituents is 1. The summed E-state index contributed by atoms with van der Waals surface area (Å²) in [6.45, 7) is 1.18. The van der Waals surface area contributed by atoms with Crippen molar-refractivity contribution in [2.75, 3.05) is 5.32 Å². The molecule has 1 heterocycles. The van der Waals surface area contributed by atoms with Gasteiger partial charge < -0.3 is 0 Å².